The van der Waals surface area contributed by atoms with Crippen LogP contribution in [0.4, 0.5) is 0 Å². The Morgan fingerprint density at radius 2 is 1.29 bits per heavy atom. The highest BCUT2D eigenvalue weighted by atomic mass is 16.5. The minimum Gasteiger partial charge on any atom is -0.494 e. The summed E-state index contributed by atoms with van der Waals surface area (Å²) in [6.45, 7) is 7.22. The molecule has 5 heteroatoms. The second-order valence-electron chi connectivity index (χ2n) is 11.2. The van der Waals surface area contributed by atoms with Gasteiger partial charge >= 0.3 is 5.97 Å². The van der Waals surface area contributed by atoms with Gasteiger partial charge in [0.1, 0.15) is 23.4 Å². The van der Waals surface area contributed by atoms with Crippen molar-refractivity contribution in [3.63, 3.8) is 0 Å². The molecule has 0 amide bonds. The number of rotatable bonds is 17. The van der Waals surface area contributed by atoms with Gasteiger partial charge in [-0.2, -0.15) is 0 Å². The molecule has 4 rings (SSSR count). The zero-order valence-electron chi connectivity index (χ0n) is 25.0. The van der Waals surface area contributed by atoms with E-state index in [0.29, 0.717) is 17.9 Å². The quantitative estimate of drug-likeness (QED) is 0.102. The summed E-state index contributed by atoms with van der Waals surface area (Å²) in [5.41, 5.74) is 3.92. The average molecular weight is 559 g/mol. The number of unbranched alkanes of at least 4 members (excludes halogenated alkanes) is 8. The minimum atomic E-state index is -0.801. The number of esters is 1. The Bertz CT molecular complexity index is 1250. The van der Waals surface area contributed by atoms with Crippen molar-refractivity contribution in [1.29, 1.82) is 0 Å². The van der Waals surface area contributed by atoms with Crippen molar-refractivity contribution in [2.45, 2.75) is 104 Å². The Morgan fingerprint density at radius 1 is 0.732 bits per heavy atom. The average Bonchev–Trinajstić information content (AvgIpc) is 3.25. The molecule has 0 unspecified atom stereocenters. The Hall–Kier alpha value is -3.31. The molecule has 1 aliphatic rings. The fraction of sp³-hybridized carbons (Fsp3) is 0.472. The van der Waals surface area contributed by atoms with E-state index in [1.807, 2.05) is 36.4 Å². The lowest BCUT2D eigenvalue weighted by Gasteiger charge is -2.16. The van der Waals surface area contributed by atoms with Crippen LogP contribution in [0.3, 0.4) is 0 Å². The normalized spacial score (nSPS) is 14.3. The Morgan fingerprint density at radius 3 is 1.98 bits per heavy atom. The van der Waals surface area contributed by atoms with E-state index in [1.165, 1.54) is 51.4 Å². The van der Waals surface area contributed by atoms with Gasteiger partial charge in [0, 0.05) is 0 Å². The van der Waals surface area contributed by atoms with E-state index in [2.05, 4.69) is 20.8 Å². The molecule has 0 spiro atoms. The summed E-state index contributed by atoms with van der Waals surface area (Å²) in [5.74, 6) is 1.48. The van der Waals surface area contributed by atoms with Gasteiger partial charge in [-0.3, -0.25) is 0 Å². The van der Waals surface area contributed by atoms with E-state index >= 15 is 0 Å². The van der Waals surface area contributed by atoms with Crippen LogP contribution in [0.5, 0.6) is 17.2 Å². The highest BCUT2D eigenvalue weighted by Crippen LogP contribution is 2.46. The van der Waals surface area contributed by atoms with Gasteiger partial charge in [-0.05, 0) is 97.0 Å². The van der Waals surface area contributed by atoms with Crippen molar-refractivity contribution in [3.8, 4) is 28.4 Å². The van der Waals surface area contributed by atoms with Crippen LogP contribution in [0.25, 0.3) is 11.1 Å². The smallest absolute Gasteiger partial charge is 0.343 e. The predicted octanol–water partition coefficient (Wildman–Crippen LogP) is 9.44. The van der Waals surface area contributed by atoms with Gasteiger partial charge in [0.15, 0.2) is 0 Å². The zero-order valence-corrected chi connectivity index (χ0v) is 25.0. The lowest BCUT2D eigenvalue weighted by Crippen LogP contribution is -2.11. The topological polar surface area (TPSA) is 65.0 Å². The van der Waals surface area contributed by atoms with Crippen LogP contribution in [-0.4, -0.2) is 23.8 Å². The van der Waals surface area contributed by atoms with Crippen molar-refractivity contribution < 1.29 is 24.1 Å². The number of aliphatic hydroxyl groups excluding tert-OH is 1. The van der Waals surface area contributed by atoms with E-state index in [-0.39, 0.29) is 6.10 Å². The highest BCUT2D eigenvalue weighted by Gasteiger charge is 2.28. The van der Waals surface area contributed by atoms with E-state index in [9.17, 15) is 9.90 Å². The van der Waals surface area contributed by atoms with Crippen LogP contribution in [0, 0.1) is 0 Å². The van der Waals surface area contributed by atoms with Crippen molar-refractivity contribution in [1.82, 2.24) is 0 Å². The second-order valence-corrected chi connectivity index (χ2v) is 11.2. The summed E-state index contributed by atoms with van der Waals surface area (Å²) in [6.07, 6.45) is 12.5. The number of fused-ring (bicyclic) bond motifs is 3. The number of hydrogen-bond acceptors (Lipinski definition) is 5. The molecule has 220 valence electrons. The molecular weight excluding hydrogens is 512 g/mol. The molecule has 0 aromatic heterocycles. The monoisotopic (exact) mass is 558 g/mol. The summed E-state index contributed by atoms with van der Waals surface area (Å²) in [5, 5.41) is 11.1. The molecule has 5 nitrogen and oxygen atoms in total. The fourth-order valence-electron chi connectivity index (χ4n) is 5.40. The van der Waals surface area contributed by atoms with Gasteiger partial charge in [0.05, 0.1) is 18.3 Å². The van der Waals surface area contributed by atoms with Crippen molar-refractivity contribution in [2.75, 3.05) is 6.61 Å². The highest BCUT2D eigenvalue weighted by molar-refractivity contribution is 5.91. The molecule has 3 aromatic rings. The third-order valence-electron chi connectivity index (χ3n) is 7.79. The first kappa shape index (κ1) is 30.6. The van der Waals surface area contributed by atoms with Crippen LogP contribution >= 0.6 is 0 Å². The molecule has 41 heavy (non-hydrogen) atoms. The lowest BCUT2D eigenvalue weighted by molar-refractivity contribution is 0.0734. The minimum absolute atomic E-state index is 0.123. The summed E-state index contributed by atoms with van der Waals surface area (Å²) in [4.78, 5) is 12.8. The van der Waals surface area contributed by atoms with E-state index < -0.39 is 12.1 Å². The standard InChI is InChI=1S/C36H46O5/c1-4-6-8-10-11-13-23-39-28-17-15-27(16-18-28)36(38)41-30-20-22-32-31-21-19-29(24-33(31)35(37)34(32)25-30)40-26(3)14-12-9-7-5-2/h15-22,24-26,35,37H,4-14,23H2,1-3H3/t26-,35-/m1/s1. The zero-order chi connectivity index (χ0) is 29.0. The first-order valence-electron chi connectivity index (χ1n) is 15.6. The molecule has 2 atom stereocenters. The maximum atomic E-state index is 12.8. The van der Waals surface area contributed by atoms with Gasteiger partial charge in [0.25, 0.3) is 0 Å². The second kappa shape index (κ2) is 15.6. The predicted molar refractivity (Wildman–Crippen MR) is 165 cm³/mol. The maximum absolute atomic E-state index is 12.8. The Balaban J connectivity index is 1.30. The van der Waals surface area contributed by atoms with Gasteiger partial charge in [-0.15, -0.1) is 0 Å². The molecule has 0 bridgehead atoms. The van der Waals surface area contributed by atoms with E-state index in [1.54, 1.807) is 24.3 Å². The van der Waals surface area contributed by atoms with Crippen molar-refractivity contribution >= 4 is 5.97 Å². The number of carbonyl (C=O) groups is 1. The first-order valence-corrected chi connectivity index (χ1v) is 15.6. The summed E-state index contributed by atoms with van der Waals surface area (Å²) in [6, 6.07) is 18.4. The molecule has 0 radical (unpaired) electrons. The third kappa shape index (κ3) is 8.59. The number of benzene rings is 3. The molecule has 0 aliphatic heterocycles. The molecule has 0 saturated carbocycles. The maximum Gasteiger partial charge on any atom is 0.343 e. The summed E-state index contributed by atoms with van der Waals surface area (Å²) in [7, 11) is 0. The van der Waals surface area contributed by atoms with Crippen LogP contribution in [-0.2, 0) is 0 Å². The van der Waals surface area contributed by atoms with Gasteiger partial charge in [-0.25, -0.2) is 4.79 Å². The molecule has 1 N–H and O–H groups in total. The molecular formula is C36H46O5. The summed E-state index contributed by atoms with van der Waals surface area (Å²) < 4.78 is 17.7. The fourth-order valence-corrected chi connectivity index (χ4v) is 5.40. The Labute approximate surface area is 245 Å². The molecule has 0 heterocycles. The number of hydrogen-bond donors (Lipinski definition) is 1. The van der Waals surface area contributed by atoms with Crippen LogP contribution in [0.1, 0.15) is 119 Å². The van der Waals surface area contributed by atoms with Crippen LogP contribution in [0.15, 0.2) is 60.7 Å². The SMILES string of the molecule is CCCCCCCCOc1ccc(C(=O)Oc2ccc3c(c2)[C@H](O)c2cc(O[C@H](C)CCCCCC)ccc2-3)cc1. The van der Waals surface area contributed by atoms with Gasteiger partial charge in [0.2, 0.25) is 0 Å². The molecule has 1 aliphatic carbocycles. The Kier molecular flexibility index (Phi) is 11.7. The number of ether oxygens (including phenoxy) is 3. The van der Waals surface area contributed by atoms with E-state index in [4.69, 9.17) is 14.2 Å². The van der Waals surface area contributed by atoms with Crippen LogP contribution in [0.2, 0.25) is 0 Å². The molecule has 0 fully saturated rings. The third-order valence-corrected chi connectivity index (χ3v) is 7.79. The van der Waals surface area contributed by atoms with Crippen molar-refractivity contribution in [2.24, 2.45) is 0 Å². The first-order chi connectivity index (χ1) is 20.0. The van der Waals surface area contributed by atoms with Gasteiger partial charge in [-0.1, -0.05) is 77.3 Å². The van der Waals surface area contributed by atoms with E-state index in [0.717, 1.165) is 53.0 Å². The largest absolute Gasteiger partial charge is 0.494 e. The number of aliphatic hydroxyl groups is 1. The summed E-state index contributed by atoms with van der Waals surface area (Å²) >= 11 is 0. The lowest BCUT2D eigenvalue weighted by atomic mass is 10.1. The molecule has 0 saturated heterocycles. The van der Waals surface area contributed by atoms with Gasteiger partial charge < -0.3 is 19.3 Å². The van der Waals surface area contributed by atoms with Crippen LogP contribution < -0.4 is 14.2 Å². The molecule has 3 aromatic carbocycles. The number of carbonyl (C=O) groups excluding carboxylic acids is 1. The van der Waals surface area contributed by atoms with Crippen molar-refractivity contribution in [3.05, 3.63) is 77.4 Å².